The minimum atomic E-state index is -0.729. The Bertz CT molecular complexity index is 1430. The molecular formula is C25H20N2O5. The van der Waals surface area contributed by atoms with Gasteiger partial charge in [-0.3, -0.25) is 14.5 Å². The number of carbonyl (C=O) groups excluding carboxylic acids is 1. The fraction of sp³-hybridized carbons (Fsp3) is 0.160. The van der Waals surface area contributed by atoms with Crippen LogP contribution in [-0.2, 0) is 0 Å². The van der Waals surface area contributed by atoms with Gasteiger partial charge < -0.3 is 13.9 Å². The fourth-order valence-electron chi connectivity index (χ4n) is 4.16. The molecule has 1 aliphatic heterocycles. The molecule has 0 bridgehead atoms. The summed E-state index contributed by atoms with van der Waals surface area (Å²) in [5.74, 6) is 1.09. The molecule has 0 radical (unpaired) electrons. The summed E-state index contributed by atoms with van der Waals surface area (Å²) in [7, 11) is 3.09. The third-order valence-electron chi connectivity index (χ3n) is 5.62. The van der Waals surface area contributed by atoms with Crippen molar-refractivity contribution in [1.29, 1.82) is 0 Å². The Morgan fingerprint density at radius 2 is 1.72 bits per heavy atom. The molecule has 160 valence electrons. The summed E-state index contributed by atoms with van der Waals surface area (Å²) in [6.45, 7) is 1.85. The maximum absolute atomic E-state index is 13.6. The van der Waals surface area contributed by atoms with Gasteiger partial charge in [0.2, 0.25) is 5.76 Å². The van der Waals surface area contributed by atoms with Crippen molar-refractivity contribution in [3.63, 3.8) is 0 Å². The van der Waals surface area contributed by atoms with E-state index in [4.69, 9.17) is 13.9 Å². The van der Waals surface area contributed by atoms with Gasteiger partial charge in [-0.25, -0.2) is 4.98 Å². The Balaban J connectivity index is 1.81. The van der Waals surface area contributed by atoms with E-state index >= 15 is 0 Å². The molecule has 5 rings (SSSR count). The van der Waals surface area contributed by atoms with Gasteiger partial charge in [0.15, 0.2) is 16.9 Å². The molecule has 7 nitrogen and oxygen atoms in total. The highest BCUT2D eigenvalue weighted by atomic mass is 16.5. The highest BCUT2D eigenvalue weighted by Gasteiger charge is 2.44. The highest BCUT2D eigenvalue weighted by molar-refractivity contribution is 6.10. The maximum Gasteiger partial charge on any atom is 0.296 e. The number of anilines is 1. The van der Waals surface area contributed by atoms with Crippen LogP contribution < -0.4 is 19.8 Å². The van der Waals surface area contributed by atoms with E-state index in [0.717, 1.165) is 5.69 Å². The Hall–Kier alpha value is -4.13. The van der Waals surface area contributed by atoms with Crippen molar-refractivity contribution >= 4 is 22.7 Å². The van der Waals surface area contributed by atoms with E-state index in [1.165, 1.54) is 12.0 Å². The van der Waals surface area contributed by atoms with E-state index in [1.54, 1.807) is 49.6 Å². The van der Waals surface area contributed by atoms with Crippen molar-refractivity contribution in [3.8, 4) is 11.5 Å². The smallest absolute Gasteiger partial charge is 0.296 e. The minimum absolute atomic E-state index is 0.0248. The molecule has 0 saturated carbocycles. The molecular weight excluding hydrogens is 408 g/mol. The van der Waals surface area contributed by atoms with E-state index in [-0.39, 0.29) is 16.8 Å². The van der Waals surface area contributed by atoms with E-state index in [9.17, 15) is 9.59 Å². The van der Waals surface area contributed by atoms with Gasteiger partial charge in [-0.05, 0) is 48.9 Å². The first kappa shape index (κ1) is 19.8. The SMILES string of the molecule is COc1ccc(C2c3c(oc4ccccc4c3=O)C(=O)N2c2cccc(C)n2)cc1OC. The van der Waals surface area contributed by atoms with Crippen LogP contribution in [0.3, 0.4) is 0 Å². The Morgan fingerprint density at radius 3 is 2.47 bits per heavy atom. The molecule has 0 saturated heterocycles. The van der Waals surface area contributed by atoms with Crippen LogP contribution in [0.15, 0.2) is 69.9 Å². The number of pyridine rings is 1. The summed E-state index contributed by atoms with van der Waals surface area (Å²) in [6.07, 6.45) is 0. The van der Waals surface area contributed by atoms with Gasteiger partial charge in [-0.2, -0.15) is 0 Å². The third kappa shape index (κ3) is 2.93. The Labute approximate surface area is 183 Å². The van der Waals surface area contributed by atoms with Crippen molar-refractivity contribution in [3.05, 3.63) is 93.5 Å². The van der Waals surface area contributed by atoms with Crippen molar-refractivity contribution in [2.75, 3.05) is 19.1 Å². The lowest BCUT2D eigenvalue weighted by Gasteiger charge is -2.25. The molecule has 7 heteroatoms. The molecule has 1 atom stereocenters. The van der Waals surface area contributed by atoms with Crippen LogP contribution in [0, 0.1) is 6.92 Å². The monoisotopic (exact) mass is 428 g/mol. The molecule has 0 N–H and O–H groups in total. The first-order valence-electron chi connectivity index (χ1n) is 10.1. The zero-order valence-corrected chi connectivity index (χ0v) is 17.8. The lowest BCUT2D eigenvalue weighted by atomic mass is 9.98. The molecule has 4 aromatic rings. The molecule has 1 aliphatic rings. The Morgan fingerprint density at radius 1 is 0.938 bits per heavy atom. The molecule has 2 aromatic heterocycles. The van der Waals surface area contributed by atoms with Crippen LogP contribution in [0.5, 0.6) is 11.5 Å². The van der Waals surface area contributed by atoms with Crippen LogP contribution in [-0.4, -0.2) is 25.1 Å². The summed E-state index contributed by atoms with van der Waals surface area (Å²) in [4.78, 5) is 33.2. The predicted molar refractivity (Wildman–Crippen MR) is 120 cm³/mol. The summed E-state index contributed by atoms with van der Waals surface area (Å²) in [5.41, 5.74) is 1.84. The zero-order valence-electron chi connectivity index (χ0n) is 17.8. The number of ether oxygens (including phenoxy) is 2. The van der Waals surface area contributed by atoms with Gasteiger partial charge in [-0.1, -0.05) is 24.3 Å². The quantitative estimate of drug-likeness (QED) is 0.483. The second-order valence-corrected chi connectivity index (χ2v) is 7.50. The van der Waals surface area contributed by atoms with Gasteiger partial charge >= 0.3 is 0 Å². The average molecular weight is 428 g/mol. The van der Waals surface area contributed by atoms with E-state index < -0.39 is 11.9 Å². The number of aryl methyl sites for hydroxylation is 1. The maximum atomic E-state index is 13.6. The second kappa shape index (κ2) is 7.53. The highest BCUT2D eigenvalue weighted by Crippen LogP contribution is 2.42. The number of hydrogen-bond donors (Lipinski definition) is 0. The summed E-state index contributed by atoms with van der Waals surface area (Å²) in [6, 6.07) is 16.9. The first-order chi connectivity index (χ1) is 15.5. The standard InChI is InChI=1S/C25H20N2O5/c1-14-7-6-10-20(26-14)27-22(15-11-12-18(30-2)19(13-15)31-3)21-23(28)16-8-4-5-9-17(16)32-24(21)25(27)29/h4-13,22H,1-3H3. The number of hydrogen-bond acceptors (Lipinski definition) is 6. The fourth-order valence-corrected chi connectivity index (χ4v) is 4.16. The number of nitrogens with zero attached hydrogens (tertiary/aromatic N) is 2. The number of fused-ring (bicyclic) bond motifs is 2. The van der Waals surface area contributed by atoms with Crippen molar-refractivity contribution in [2.45, 2.75) is 13.0 Å². The molecule has 1 amide bonds. The number of rotatable bonds is 4. The molecule has 2 aromatic carbocycles. The molecule has 3 heterocycles. The third-order valence-corrected chi connectivity index (χ3v) is 5.62. The van der Waals surface area contributed by atoms with E-state index in [1.807, 2.05) is 25.1 Å². The number of aromatic nitrogens is 1. The van der Waals surface area contributed by atoms with Gasteiger partial charge in [0, 0.05) is 5.69 Å². The molecule has 32 heavy (non-hydrogen) atoms. The van der Waals surface area contributed by atoms with Gasteiger partial charge in [-0.15, -0.1) is 0 Å². The average Bonchev–Trinajstić information content (AvgIpc) is 3.11. The van der Waals surface area contributed by atoms with Crippen LogP contribution in [0.25, 0.3) is 11.0 Å². The minimum Gasteiger partial charge on any atom is -0.493 e. The van der Waals surface area contributed by atoms with Crippen LogP contribution >= 0.6 is 0 Å². The van der Waals surface area contributed by atoms with Crippen molar-refractivity contribution in [2.24, 2.45) is 0 Å². The lowest BCUT2D eigenvalue weighted by Crippen LogP contribution is -2.30. The predicted octanol–water partition coefficient (Wildman–Crippen LogP) is 4.26. The normalized spacial score (nSPS) is 15.2. The van der Waals surface area contributed by atoms with Crippen molar-refractivity contribution < 1.29 is 18.7 Å². The largest absolute Gasteiger partial charge is 0.493 e. The van der Waals surface area contributed by atoms with E-state index in [0.29, 0.717) is 33.8 Å². The number of para-hydroxylation sites is 1. The van der Waals surface area contributed by atoms with E-state index in [2.05, 4.69) is 4.98 Å². The number of benzene rings is 2. The Kier molecular flexibility index (Phi) is 4.66. The zero-order chi connectivity index (χ0) is 22.4. The van der Waals surface area contributed by atoms with Gasteiger partial charge in [0.1, 0.15) is 11.4 Å². The number of methoxy groups -OCH3 is 2. The first-order valence-corrected chi connectivity index (χ1v) is 10.1. The molecule has 0 spiro atoms. The molecule has 1 unspecified atom stereocenters. The topological polar surface area (TPSA) is 81.9 Å². The summed E-state index contributed by atoms with van der Waals surface area (Å²) < 4.78 is 16.8. The van der Waals surface area contributed by atoms with Crippen LogP contribution in [0.1, 0.15) is 33.4 Å². The summed E-state index contributed by atoms with van der Waals surface area (Å²) >= 11 is 0. The van der Waals surface area contributed by atoms with Gasteiger partial charge in [0.25, 0.3) is 5.91 Å². The van der Waals surface area contributed by atoms with Crippen LogP contribution in [0.2, 0.25) is 0 Å². The number of amides is 1. The number of carbonyl (C=O) groups is 1. The lowest BCUT2D eigenvalue weighted by molar-refractivity contribution is 0.0970. The van der Waals surface area contributed by atoms with Gasteiger partial charge in [0.05, 0.1) is 31.2 Å². The summed E-state index contributed by atoms with van der Waals surface area (Å²) in [5, 5.41) is 0.420. The molecule has 0 fully saturated rings. The molecule has 0 aliphatic carbocycles. The second-order valence-electron chi connectivity index (χ2n) is 7.50. The van der Waals surface area contributed by atoms with Crippen molar-refractivity contribution in [1.82, 2.24) is 4.98 Å². The van der Waals surface area contributed by atoms with Crippen LogP contribution in [0.4, 0.5) is 5.82 Å².